The summed E-state index contributed by atoms with van der Waals surface area (Å²) in [6.45, 7) is 2.48. The molecule has 1 aliphatic rings. The lowest BCUT2D eigenvalue weighted by molar-refractivity contribution is 0.257. The molecule has 3 rings (SSSR count). The van der Waals surface area contributed by atoms with E-state index in [1.807, 2.05) is 25.1 Å². The largest absolute Gasteiger partial charge is 0.327 e. The van der Waals surface area contributed by atoms with Crippen molar-refractivity contribution >= 4 is 17.5 Å². The van der Waals surface area contributed by atoms with Gasteiger partial charge in [-0.2, -0.15) is 0 Å². The van der Waals surface area contributed by atoms with E-state index >= 15 is 0 Å². The maximum absolute atomic E-state index is 12.1. The molecule has 3 heterocycles. The highest BCUT2D eigenvalue weighted by atomic mass is 16.2. The van der Waals surface area contributed by atoms with Gasteiger partial charge in [0.2, 0.25) is 0 Å². The average molecular weight is 240 g/mol. The molecule has 90 valence electrons. The number of nitrogens with zero attached hydrogens (tertiary/aromatic N) is 3. The molecule has 0 saturated heterocycles. The van der Waals surface area contributed by atoms with Crippen molar-refractivity contribution < 1.29 is 4.79 Å². The van der Waals surface area contributed by atoms with E-state index in [0.717, 1.165) is 11.3 Å². The molecular formula is C13H12N4O. The van der Waals surface area contributed by atoms with E-state index < -0.39 is 0 Å². The number of amides is 2. The molecule has 5 heteroatoms. The van der Waals surface area contributed by atoms with Gasteiger partial charge in [0.15, 0.2) is 0 Å². The van der Waals surface area contributed by atoms with Gasteiger partial charge in [-0.15, -0.1) is 0 Å². The number of nitrogens with one attached hydrogen (secondary N) is 1. The molecule has 2 aromatic heterocycles. The zero-order valence-corrected chi connectivity index (χ0v) is 9.92. The molecule has 18 heavy (non-hydrogen) atoms. The normalized spacial score (nSPS) is 13.4. The van der Waals surface area contributed by atoms with Crippen LogP contribution in [0.1, 0.15) is 6.92 Å². The fourth-order valence-corrected chi connectivity index (χ4v) is 2.09. The lowest BCUT2D eigenvalue weighted by atomic mass is 10.1. The molecule has 0 aliphatic carbocycles. The van der Waals surface area contributed by atoms with E-state index in [0.29, 0.717) is 18.1 Å². The standard InChI is InChI=1S/C13H12N4O/c1-2-17-12-9(5-3-8-15-12)11-10(16-13(17)18)6-4-7-14-11/h3-8H,2H2,1H3,(H,16,18). The third kappa shape index (κ3) is 1.52. The molecule has 2 amide bonds. The zero-order valence-electron chi connectivity index (χ0n) is 9.92. The number of carbonyl (C=O) groups is 1. The molecule has 0 spiro atoms. The Morgan fingerprint density at radius 3 is 2.83 bits per heavy atom. The van der Waals surface area contributed by atoms with Gasteiger partial charge in [-0.25, -0.2) is 9.78 Å². The van der Waals surface area contributed by atoms with Crippen molar-refractivity contribution in [3.8, 4) is 11.3 Å². The molecule has 1 N–H and O–H groups in total. The van der Waals surface area contributed by atoms with Crippen LogP contribution in [0, 0.1) is 0 Å². The van der Waals surface area contributed by atoms with Crippen LogP contribution in [0.4, 0.5) is 16.3 Å². The van der Waals surface area contributed by atoms with Gasteiger partial charge >= 0.3 is 6.03 Å². The van der Waals surface area contributed by atoms with E-state index in [2.05, 4.69) is 15.3 Å². The monoisotopic (exact) mass is 240 g/mol. The van der Waals surface area contributed by atoms with E-state index in [9.17, 15) is 4.79 Å². The molecular weight excluding hydrogens is 228 g/mol. The first kappa shape index (κ1) is 10.7. The summed E-state index contributed by atoms with van der Waals surface area (Å²) in [5.41, 5.74) is 2.34. The van der Waals surface area contributed by atoms with E-state index in [1.165, 1.54) is 0 Å². The predicted molar refractivity (Wildman–Crippen MR) is 69.5 cm³/mol. The third-order valence-corrected chi connectivity index (χ3v) is 2.91. The molecule has 5 nitrogen and oxygen atoms in total. The Balaban J connectivity index is 2.29. The smallest absolute Gasteiger partial charge is 0.305 e. The fraction of sp³-hybridized carbons (Fsp3) is 0.154. The second-order valence-electron chi connectivity index (χ2n) is 3.95. The number of hydrogen-bond acceptors (Lipinski definition) is 3. The van der Waals surface area contributed by atoms with Crippen LogP contribution in [0.15, 0.2) is 36.7 Å². The van der Waals surface area contributed by atoms with E-state index in [-0.39, 0.29) is 6.03 Å². The Morgan fingerprint density at radius 1 is 1.22 bits per heavy atom. The van der Waals surface area contributed by atoms with E-state index in [4.69, 9.17) is 0 Å². The maximum Gasteiger partial charge on any atom is 0.327 e. The first-order valence-corrected chi connectivity index (χ1v) is 5.80. The number of pyridine rings is 2. The fourth-order valence-electron chi connectivity index (χ4n) is 2.09. The number of hydrogen-bond donors (Lipinski definition) is 1. The summed E-state index contributed by atoms with van der Waals surface area (Å²) < 4.78 is 0. The summed E-state index contributed by atoms with van der Waals surface area (Å²) in [5, 5.41) is 2.85. The second-order valence-corrected chi connectivity index (χ2v) is 3.95. The highest BCUT2D eigenvalue weighted by molar-refractivity contribution is 6.08. The van der Waals surface area contributed by atoms with Gasteiger partial charge in [-0.1, -0.05) is 0 Å². The van der Waals surface area contributed by atoms with Gasteiger partial charge < -0.3 is 5.32 Å². The topological polar surface area (TPSA) is 58.1 Å². The van der Waals surface area contributed by atoms with Gasteiger partial charge in [0.1, 0.15) is 5.82 Å². The molecule has 0 radical (unpaired) electrons. The molecule has 2 aromatic rings. The molecule has 0 atom stereocenters. The van der Waals surface area contributed by atoms with Gasteiger partial charge in [-0.3, -0.25) is 9.88 Å². The molecule has 0 fully saturated rings. The van der Waals surface area contributed by atoms with Crippen molar-refractivity contribution in [3.63, 3.8) is 0 Å². The number of carbonyl (C=O) groups excluding carboxylic acids is 1. The molecule has 0 bridgehead atoms. The van der Waals surface area contributed by atoms with Crippen molar-refractivity contribution in [2.75, 3.05) is 16.8 Å². The van der Waals surface area contributed by atoms with Crippen LogP contribution in [0.3, 0.4) is 0 Å². The van der Waals surface area contributed by atoms with Gasteiger partial charge in [-0.05, 0) is 31.2 Å². The molecule has 0 unspecified atom stereocenters. The lowest BCUT2D eigenvalue weighted by Crippen LogP contribution is -2.34. The number of fused-ring (bicyclic) bond motifs is 3. The Labute approximate surface area is 104 Å². The van der Waals surface area contributed by atoms with Crippen molar-refractivity contribution in [2.24, 2.45) is 0 Å². The van der Waals surface area contributed by atoms with Crippen LogP contribution in [-0.4, -0.2) is 22.5 Å². The molecule has 1 aliphatic heterocycles. The number of aromatic nitrogens is 2. The molecule has 0 saturated carbocycles. The minimum atomic E-state index is -0.177. The molecule has 0 aromatic carbocycles. The summed E-state index contributed by atoms with van der Waals surface area (Å²) in [5.74, 6) is 0.648. The van der Waals surface area contributed by atoms with Crippen molar-refractivity contribution in [1.82, 2.24) is 9.97 Å². The summed E-state index contributed by atoms with van der Waals surface area (Å²) in [6, 6.07) is 7.24. The number of rotatable bonds is 1. The van der Waals surface area contributed by atoms with Crippen LogP contribution < -0.4 is 10.2 Å². The summed E-state index contributed by atoms with van der Waals surface area (Å²) >= 11 is 0. The average Bonchev–Trinajstić information content (AvgIpc) is 2.52. The summed E-state index contributed by atoms with van der Waals surface area (Å²) in [4.78, 5) is 22.4. The summed E-state index contributed by atoms with van der Waals surface area (Å²) in [6.07, 6.45) is 3.39. The Morgan fingerprint density at radius 2 is 2.00 bits per heavy atom. The van der Waals surface area contributed by atoms with E-state index in [1.54, 1.807) is 23.4 Å². The van der Waals surface area contributed by atoms with Gasteiger partial charge in [0.25, 0.3) is 0 Å². The summed E-state index contributed by atoms with van der Waals surface area (Å²) in [7, 11) is 0. The Kier molecular flexibility index (Phi) is 2.44. The minimum absolute atomic E-state index is 0.177. The highest BCUT2D eigenvalue weighted by Crippen LogP contribution is 2.35. The van der Waals surface area contributed by atoms with Crippen molar-refractivity contribution in [2.45, 2.75) is 6.92 Å². The van der Waals surface area contributed by atoms with Crippen LogP contribution in [0.25, 0.3) is 11.3 Å². The third-order valence-electron chi connectivity index (χ3n) is 2.91. The highest BCUT2D eigenvalue weighted by Gasteiger charge is 2.25. The van der Waals surface area contributed by atoms with Crippen LogP contribution in [0.2, 0.25) is 0 Å². The van der Waals surface area contributed by atoms with Gasteiger partial charge in [0, 0.05) is 24.5 Å². The van der Waals surface area contributed by atoms with Crippen molar-refractivity contribution in [1.29, 1.82) is 0 Å². The lowest BCUT2D eigenvalue weighted by Gasteiger charge is -2.18. The first-order valence-electron chi connectivity index (χ1n) is 5.80. The van der Waals surface area contributed by atoms with Crippen molar-refractivity contribution in [3.05, 3.63) is 36.7 Å². The second kappa shape index (κ2) is 4.10. The number of urea groups is 1. The van der Waals surface area contributed by atoms with Crippen LogP contribution in [0.5, 0.6) is 0 Å². The minimum Gasteiger partial charge on any atom is -0.305 e. The first-order chi connectivity index (χ1) is 8.81. The van der Waals surface area contributed by atoms with Crippen LogP contribution in [-0.2, 0) is 0 Å². The number of anilines is 2. The maximum atomic E-state index is 12.1. The van der Waals surface area contributed by atoms with Crippen LogP contribution >= 0.6 is 0 Å². The Bertz CT molecular complexity index is 611. The Hall–Kier alpha value is -2.43. The zero-order chi connectivity index (χ0) is 12.5. The van der Waals surface area contributed by atoms with Gasteiger partial charge in [0.05, 0.1) is 11.4 Å². The SMILES string of the molecule is CCN1C(=O)Nc2cccnc2-c2cccnc21. The predicted octanol–water partition coefficient (Wildman–Crippen LogP) is 2.52. The quantitative estimate of drug-likeness (QED) is 0.833.